The molecule has 2 nitrogen and oxygen atoms in total. The maximum atomic E-state index is 13.2. The van der Waals surface area contributed by atoms with E-state index < -0.39 is 5.82 Å². The standard InChI is InChI=1S/C15H12BrClFNO/c16-9-2-4-14-10(6-9)13(19)7-15(20-14)8-1-3-12(18)11(17)5-8/h1-6,13,15H,7,19H2/t13-,15?/m1/s1. The normalized spacial score (nSPS) is 21.2. The molecule has 0 amide bonds. The van der Waals surface area contributed by atoms with Gasteiger partial charge in [0.1, 0.15) is 17.7 Å². The van der Waals surface area contributed by atoms with E-state index in [4.69, 9.17) is 22.1 Å². The fourth-order valence-electron chi connectivity index (χ4n) is 2.39. The van der Waals surface area contributed by atoms with Crippen molar-refractivity contribution in [3.05, 3.63) is 62.8 Å². The molecule has 0 aliphatic carbocycles. The van der Waals surface area contributed by atoms with Crippen LogP contribution in [-0.4, -0.2) is 0 Å². The zero-order valence-electron chi connectivity index (χ0n) is 10.4. The molecule has 1 unspecified atom stereocenters. The number of hydrogen-bond donors (Lipinski definition) is 1. The van der Waals surface area contributed by atoms with Gasteiger partial charge in [-0.25, -0.2) is 4.39 Å². The van der Waals surface area contributed by atoms with Gasteiger partial charge in [-0.15, -0.1) is 0 Å². The van der Waals surface area contributed by atoms with Crippen molar-refractivity contribution in [1.82, 2.24) is 0 Å². The van der Waals surface area contributed by atoms with Gasteiger partial charge in [-0.05, 0) is 35.9 Å². The Morgan fingerprint density at radius 3 is 2.80 bits per heavy atom. The molecular weight excluding hydrogens is 345 g/mol. The minimum absolute atomic E-state index is 0.0984. The van der Waals surface area contributed by atoms with Gasteiger partial charge in [0.05, 0.1) is 5.02 Å². The molecule has 0 aromatic heterocycles. The van der Waals surface area contributed by atoms with Gasteiger partial charge in [-0.3, -0.25) is 0 Å². The summed E-state index contributed by atoms with van der Waals surface area (Å²) in [4.78, 5) is 0. The summed E-state index contributed by atoms with van der Waals surface area (Å²) in [6, 6.07) is 10.3. The van der Waals surface area contributed by atoms with Crippen molar-refractivity contribution in [3.8, 4) is 5.75 Å². The molecule has 0 bridgehead atoms. The van der Waals surface area contributed by atoms with Crippen LogP contribution in [0.3, 0.4) is 0 Å². The summed E-state index contributed by atoms with van der Waals surface area (Å²) < 4.78 is 20.2. The molecule has 0 saturated carbocycles. The highest BCUT2D eigenvalue weighted by Gasteiger charge is 2.27. The SMILES string of the molecule is N[C@@H]1CC(c2ccc(F)c(Cl)c2)Oc2ccc(Br)cc21. The van der Waals surface area contributed by atoms with Crippen LogP contribution in [0.1, 0.15) is 29.7 Å². The topological polar surface area (TPSA) is 35.2 Å². The summed E-state index contributed by atoms with van der Waals surface area (Å²) in [5, 5.41) is 0.0984. The minimum atomic E-state index is -0.431. The Hall–Kier alpha value is -1.10. The Morgan fingerprint density at radius 2 is 2.05 bits per heavy atom. The molecule has 1 heterocycles. The third kappa shape index (κ3) is 2.55. The summed E-state index contributed by atoms with van der Waals surface area (Å²) in [5.74, 6) is 0.331. The van der Waals surface area contributed by atoms with Crippen LogP contribution < -0.4 is 10.5 Å². The maximum absolute atomic E-state index is 13.2. The molecule has 0 spiro atoms. The van der Waals surface area contributed by atoms with Crippen molar-refractivity contribution >= 4 is 27.5 Å². The zero-order chi connectivity index (χ0) is 14.3. The maximum Gasteiger partial charge on any atom is 0.141 e. The minimum Gasteiger partial charge on any atom is -0.485 e. The predicted molar refractivity (Wildman–Crippen MR) is 80.5 cm³/mol. The van der Waals surface area contributed by atoms with E-state index in [1.165, 1.54) is 6.07 Å². The van der Waals surface area contributed by atoms with Crippen LogP contribution in [0.2, 0.25) is 5.02 Å². The van der Waals surface area contributed by atoms with E-state index in [9.17, 15) is 4.39 Å². The summed E-state index contributed by atoms with van der Waals surface area (Å²) in [6.45, 7) is 0. The molecule has 2 atom stereocenters. The van der Waals surface area contributed by atoms with Crippen molar-refractivity contribution in [1.29, 1.82) is 0 Å². The number of benzene rings is 2. The number of ether oxygens (including phenoxy) is 1. The Kier molecular flexibility index (Phi) is 3.71. The Labute approximate surface area is 129 Å². The van der Waals surface area contributed by atoms with E-state index in [2.05, 4.69) is 15.9 Å². The van der Waals surface area contributed by atoms with E-state index in [0.29, 0.717) is 6.42 Å². The highest BCUT2D eigenvalue weighted by atomic mass is 79.9. The monoisotopic (exact) mass is 355 g/mol. The van der Waals surface area contributed by atoms with Crippen molar-refractivity contribution in [2.24, 2.45) is 5.73 Å². The molecule has 3 rings (SSSR count). The third-order valence-electron chi connectivity index (χ3n) is 3.42. The lowest BCUT2D eigenvalue weighted by atomic mass is 9.93. The fourth-order valence-corrected chi connectivity index (χ4v) is 2.96. The molecule has 2 N–H and O–H groups in total. The van der Waals surface area contributed by atoms with E-state index >= 15 is 0 Å². The Bertz CT molecular complexity index is 664. The lowest BCUT2D eigenvalue weighted by Gasteiger charge is -2.30. The molecule has 0 fully saturated rings. The smallest absolute Gasteiger partial charge is 0.141 e. The highest BCUT2D eigenvalue weighted by Crippen LogP contribution is 2.41. The number of hydrogen-bond acceptors (Lipinski definition) is 2. The molecule has 1 aliphatic rings. The van der Waals surface area contributed by atoms with Crippen molar-refractivity contribution in [3.63, 3.8) is 0 Å². The first-order chi connectivity index (χ1) is 9.54. The molecular formula is C15H12BrClFNO. The molecule has 5 heteroatoms. The van der Waals surface area contributed by atoms with Gasteiger partial charge in [0.25, 0.3) is 0 Å². The molecule has 104 valence electrons. The second-order valence-corrected chi connectivity index (χ2v) is 6.13. The zero-order valence-corrected chi connectivity index (χ0v) is 12.8. The van der Waals surface area contributed by atoms with Crippen molar-refractivity contribution in [2.75, 3.05) is 0 Å². The van der Waals surface area contributed by atoms with Crippen LogP contribution in [-0.2, 0) is 0 Å². The largest absolute Gasteiger partial charge is 0.485 e. The van der Waals surface area contributed by atoms with Crippen LogP contribution in [0.25, 0.3) is 0 Å². The fraction of sp³-hybridized carbons (Fsp3) is 0.200. The number of fused-ring (bicyclic) bond motifs is 1. The van der Waals surface area contributed by atoms with Gasteiger partial charge in [-0.1, -0.05) is 33.6 Å². The van der Waals surface area contributed by atoms with E-state index in [1.807, 2.05) is 18.2 Å². The Balaban J connectivity index is 1.94. The van der Waals surface area contributed by atoms with Crippen LogP contribution >= 0.6 is 27.5 Å². The highest BCUT2D eigenvalue weighted by molar-refractivity contribution is 9.10. The first kappa shape index (κ1) is 13.9. The van der Waals surface area contributed by atoms with Gasteiger partial charge in [0.2, 0.25) is 0 Å². The third-order valence-corrected chi connectivity index (χ3v) is 4.21. The summed E-state index contributed by atoms with van der Waals surface area (Å²) in [7, 11) is 0. The first-order valence-corrected chi connectivity index (χ1v) is 7.38. The van der Waals surface area contributed by atoms with Crippen molar-refractivity contribution in [2.45, 2.75) is 18.6 Å². The lowest BCUT2D eigenvalue weighted by molar-refractivity contribution is 0.161. The lowest BCUT2D eigenvalue weighted by Crippen LogP contribution is -2.24. The first-order valence-electron chi connectivity index (χ1n) is 6.21. The van der Waals surface area contributed by atoms with Crippen LogP contribution in [0, 0.1) is 5.82 Å². The Morgan fingerprint density at radius 1 is 1.25 bits per heavy atom. The molecule has 2 aromatic carbocycles. The van der Waals surface area contributed by atoms with Crippen LogP contribution in [0.15, 0.2) is 40.9 Å². The molecule has 1 aliphatic heterocycles. The second-order valence-electron chi connectivity index (χ2n) is 4.80. The predicted octanol–water partition coefficient (Wildman–Crippen LogP) is 4.77. The second kappa shape index (κ2) is 5.35. The summed E-state index contributed by atoms with van der Waals surface area (Å²) >= 11 is 9.25. The van der Waals surface area contributed by atoms with Gasteiger partial charge < -0.3 is 10.5 Å². The number of nitrogens with two attached hydrogens (primary N) is 1. The van der Waals surface area contributed by atoms with Crippen molar-refractivity contribution < 1.29 is 9.13 Å². The average molecular weight is 357 g/mol. The molecule has 2 aromatic rings. The van der Waals surface area contributed by atoms with Crippen LogP contribution in [0.4, 0.5) is 4.39 Å². The van der Waals surface area contributed by atoms with Crippen LogP contribution in [0.5, 0.6) is 5.75 Å². The molecule has 0 radical (unpaired) electrons. The van der Waals surface area contributed by atoms with E-state index in [-0.39, 0.29) is 17.2 Å². The van der Waals surface area contributed by atoms with E-state index in [1.54, 1.807) is 12.1 Å². The van der Waals surface area contributed by atoms with Gasteiger partial charge in [0, 0.05) is 22.5 Å². The molecule has 0 saturated heterocycles. The quantitative estimate of drug-likeness (QED) is 0.799. The number of rotatable bonds is 1. The number of halogens is 3. The van der Waals surface area contributed by atoms with Gasteiger partial charge >= 0.3 is 0 Å². The van der Waals surface area contributed by atoms with E-state index in [0.717, 1.165) is 21.3 Å². The summed E-state index contributed by atoms with van der Waals surface area (Å²) in [5.41, 5.74) is 8.01. The van der Waals surface area contributed by atoms with Gasteiger partial charge in [0.15, 0.2) is 0 Å². The van der Waals surface area contributed by atoms with Gasteiger partial charge in [-0.2, -0.15) is 0 Å². The molecule has 20 heavy (non-hydrogen) atoms. The summed E-state index contributed by atoms with van der Waals surface area (Å²) in [6.07, 6.45) is 0.419. The average Bonchev–Trinajstić information content (AvgIpc) is 2.42.